The molecule has 0 saturated heterocycles. The normalized spacial score (nSPS) is 19.6. The van der Waals surface area contributed by atoms with Crippen LogP contribution in [0.25, 0.3) is 11.1 Å². The Morgan fingerprint density at radius 1 is 1.18 bits per heavy atom. The van der Waals surface area contributed by atoms with Crippen LogP contribution in [0.3, 0.4) is 0 Å². The summed E-state index contributed by atoms with van der Waals surface area (Å²) in [7, 11) is 3.61. The number of hydrogen-bond acceptors (Lipinski definition) is 5. The van der Waals surface area contributed by atoms with E-state index in [2.05, 4.69) is 17.5 Å². The van der Waals surface area contributed by atoms with Crippen molar-refractivity contribution in [1.82, 2.24) is 5.32 Å². The van der Waals surface area contributed by atoms with Gasteiger partial charge in [0.2, 0.25) is 0 Å². The van der Waals surface area contributed by atoms with Gasteiger partial charge in [-0.1, -0.05) is 36.4 Å². The van der Waals surface area contributed by atoms with Gasteiger partial charge >= 0.3 is 0 Å². The van der Waals surface area contributed by atoms with Gasteiger partial charge in [-0.3, -0.25) is 4.79 Å². The zero-order valence-corrected chi connectivity index (χ0v) is 19.0. The van der Waals surface area contributed by atoms with E-state index >= 15 is 0 Å². The number of rotatable bonds is 6. The monoisotopic (exact) mass is 445 g/mol. The average molecular weight is 446 g/mol. The molecule has 2 aromatic rings. The minimum absolute atomic E-state index is 0.0735. The smallest absolute Gasteiger partial charge is 0.250 e. The van der Waals surface area contributed by atoms with Crippen molar-refractivity contribution in [2.24, 2.45) is 0 Å². The van der Waals surface area contributed by atoms with Crippen LogP contribution in [0, 0.1) is 22.7 Å². The number of benzene rings is 2. The molecular weight excluding hydrogens is 416 g/mol. The van der Waals surface area contributed by atoms with E-state index in [0.29, 0.717) is 25.0 Å². The molecule has 1 aliphatic heterocycles. The minimum Gasteiger partial charge on any atom is -0.379 e. The molecule has 0 aliphatic carbocycles. The lowest BCUT2D eigenvalue weighted by Crippen LogP contribution is -2.43. The number of nitrogens with zero attached hydrogens (tertiary/aromatic N) is 3. The average Bonchev–Trinajstić information content (AvgIpc) is 2.94. The van der Waals surface area contributed by atoms with Crippen molar-refractivity contribution in [3.8, 4) is 23.3 Å². The van der Waals surface area contributed by atoms with Crippen LogP contribution in [0.1, 0.15) is 24.0 Å². The van der Waals surface area contributed by atoms with E-state index in [-0.39, 0.29) is 12.0 Å². The minimum atomic E-state index is -0.669. The van der Waals surface area contributed by atoms with E-state index in [9.17, 15) is 10.1 Å². The number of ether oxygens (including phenoxy) is 2. The molecule has 1 aliphatic rings. The summed E-state index contributed by atoms with van der Waals surface area (Å²) in [6.07, 6.45) is 2.86. The SMILES string of the molecule is CO[C@H]1CC[N+](C)=CC[C@@H](C(=O)N[C@H](C#N)Cc2ccc(-c3ccc(C#N)cc3)cc2)OC1. The van der Waals surface area contributed by atoms with Gasteiger partial charge in [0.25, 0.3) is 5.91 Å². The van der Waals surface area contributed by atoms with Crippen molar-refractivity contribution < 1.29 is 18.8 Å². The van der Waals surface area contributed by atoms with E-state index in [0.717, 1.165) is 29.7 Å². The van der Waals surface area contributed by atoms with Gasteiger partial charge in [0.15, 0.2) is 0 Å². The predicted octanol–water partition coefficient (Wildman–Crippen LogP) is 2.68. The first kappa shape index (κ1) is 24.1. The molecule has 33 heavy (non-hydrogen) atoms. The Hall–Kier alpha value is -3.52. The topological polar surface area (TPSA) is 98.1 Å². The van der Waals surface area contributed by atoms with Crippen LogP contribution in [-0.4, -0.2) is 62.3 Å². The predicted molar refractivity (Wildman–Crippen MR) is 125 cm³/mol. The highest BCUT2D eigenvalue weighted by molar-refractivity contribution is 5.83. The summed E-state index contributed by atoms with van der Waals surface area (Å²) < 4.78 is 13.3. The number of carbonyl (C=O) groups excluding carboxylic acids is 1. The van der Waals surface area contributed by atoms with Gasteiger partial charge in [-0.25, -0.2) is 4.58 Å². The molecule has 7 heteroatoms. The molecule has 1 heterocycles. The van der Waals surface area contributed by atoms with Gasteiger partial charge in [-0.2, -0.15) is 10.5 Å². The molecule has 1 N–H and O–H groups in total. The maximum atomic E-state index is 12.8. The second-order valence-corrected chi connectivity index (χ2v) is 8.15. The van der Waals surface area contributed by atoms with Crippen molar-refractivity contribution in [1.29, 1.82) is 10.5 Å². The standard InChI is InChI=1S/C26H28N4O3/c1-30-13-11-24(32-2)18-33-25(12-14-30)26(31)29-23(17-28)15-19-3-7-21(8-4-19)22-9-5-20(16-27)6-10-22/h3-10,14,23-25H,11-13,15,18H2,1-2H3/p+1/t23-,24-,25-/m0/s1. The molecule has 0 bridgehead atoms. The molecule has 2 aromatic carbocycles. The molecule has 0 spiro atoms. The van der Waals surface area contributed by atoms with Crippen LogP contribution in [0.2, 0.25) is 0 Å². The highest BCUT2D eigenvalue weighted by atomic mass is 16.5. The summed E-state index contributed by atoms with van der Waals surface area (Å²) in [5.41, 5.74) is 3.60. The molecule has 0 fully saturated rings. The summed E-state index contributed by atoms with van der Waals surface area (Å²) in [4.78, 5) is 12.8. The second-order valence-electron chi connectivity index (χ2n) is 8.15. The first-order valence-corrected chi connectivity index (χ1v) is 11.0. The van der Waals surface area contributed by atoms with Gasteiger partial charge in [-0.05, 0) is 28.8 Å². The third-order valence-corrected chi connectivity index (χ3v) is 5.76. The van der Waals surface area contributed by atoms with E-state index in [4.69, 9.17) is 14.7 Å². The first-order valence-electron chi connectivity index (χ1n) is 11.0. The fourth-order valence-corrected chi connectivity index (χ4v) is 3.66. The molecular formula is C26H29N4O3+. The third-order valence-electron chi connectivity index (χ3n) is 5.76. The van der Waals surface area contributed by atoms with Crippen molar-refractivity contribution in [3.63, 3.8) is 0 Å². The third kappa shape index (κ3) is 6.98. The van der Waals surface area contributed by atoms with Gasteiger partial charge in [0.05, 0.1) is 36.8 Å². The molecule has 0 unspecified atom stereocenters. The fraction of sp³-hybridized carbons (Fsp3) is 0.385. The largest absolute Gasteiger partial charge is 0.379 e. The summed E-state index contributed by atoms with van der Waals surface area (Å²) in [5, 5.41) is 21.4. The Morgan fingerprint density at radius 2 is 1.85 bits per heavy atom. The number of nitrogens with one attached hydrogen (secondary N) is 1. The Labute approximate surface area is 194 Å². The first-order chi connectivity index (χ1) is 16.0. The van der Waals surface area contributed by atoms with Gasteiger partial charge in [0, 0.05) is 20.0 Å². The summed E-state index contributed by atoms with van der Waals surface area (Å²) in [6.45, 7) is 1.17. The highest BCUT2D eigenvalue weighted by Crippen LogP contribution is 2.21. The van der Waals surface area contributed by atoms with Gasteiger partial charge in [-0.15, -0.1) is 0 Å². The molecule has 3 atom stereocenters. The lowest BCUT2D eigenvalue weighted by molar-refractivity contribution is -0.495. The molecule has 3 rings (SSSR count). The summed E-state index contributed by atoms with van der Waals surface area (Å²) in [6, 6.07) is 18.9. The maximum Gasteiger partial charge on any atom is 0.250 e. The van der Waals surface area contributed by atoms with Gasteiger partial charge in [0.1, 0.15) is 32.0 Å². The van der Waals surface area contributed by atoms with Gasteiger partial charge < -0.3 is 14.8 Å². The Balaban J connectivity index is 1.62. The van der Waals surface area contributed by atoms with Crippen molar-refractivity contribution >= 4 is 12.1 Å². The van der Waals surface area contributed by atoms with Crippen LogP contribution in [0.4, 0.5) is 0 Å². The quantitative estimate of drug-likeness (QED) is 0.690. The van der Waals surface area contributed by atoms with Crippen LogP contribution < -0.4 is 5.32 Å². The molecule has 0 radical (unpaired) electrons. The Bertz CT molecular complexity index is 1050. The van der Waals surface area contributed by atoms with Crippen LogP contribution in [0.5, 0.6) is 0 Å². The number of nitriles is 2. The number of carbonyl (C=O) groups is 1. The second kappa shape index (κ2) is 11.9. The zero-order chi connectivity index (χ0) is 23.6. The van der Waals surface area contributed by atoms with Crippen LogP contribution in [0.15, 0.2) is 48.5 Å². The van der Waals surface area contributed by atoms with Crippen molar-refractivity contribution in [2.75, 3.05) is 27.3 Å². The van der Waals surface area contributed by atoms with Crippen LogP contribution >= 0.6 is 0 Å². The lowest BCUT2D eigenvalue weighted by atomic mass is 10.00. The van der Waals surface area contributed by atoms with E-state index in [1.165, 1.54) is 0 Å². The van der Waals surface area contributed by atoms with Crippen LogP contribution in [-0.2, 0) is 20.7 Å². The zero-order valence-electron chi connectivity index (χ0n) is 19.0. The maximum absolute atomic E-state index is 12.8. The molecule has 0 aromatic heterocycles. The molecule has 7 nitrogen and oxygen atoms in total. The Morgan fingerprint density at radius 3 is 2.45 bits per heavy atom. The molecule has 170 valence electrons. The fourth-order valence-electron chi connectivity index (χ4n) is 3.66. The number of amides is 1. The lowest BCUT2D eigenvalue weighted by Gasteiger charge is -2.20. The summed E-state index contributed by atoms with van der Waals surface area (Å²) >= 11 is 0. The number of hydrogen-bond donors (Lipinski definition) is 1. The Kier molecular flexibility index (Phi) is 8.71. The van der Waals surface area contributed by atoms with E-state index in [1.54, 1.807) is 19.2 Å². The molecule has 0 saturated carbocycles. The molecule has 1 amide bonds. The van der Waals surface area contributed by atoms with E-state index < -0.39 is 12.1 Å². The highest BCUT2D eigenvalue weighted by Gasteiger charge is 2.26. The summed E-state index contributed by atoms with van der Waals surface area (Å²) in [5.74, 6) is -0.294. The van der Waals surface area contributed by atoms with Crippen molar-refractivity contribution in [2.45, 2.75) is 37.5 Å². The van der Waals surface area contributed by atoms with E-state index in [1.807, 2.05) is 54.2 Å². The van der Waals surface area contributed by atoms with Crippen molar-refractivity contribution in [3.05, 3.63) is 59.7 Å². The number of methoxy groups -OCH3 is 1.